The summed E-state index contributed by atoms with van der Waals surface area (Å²) in [6, 6.07) is 12.4. The van der Waals surface area contributed by atoms with E-state index in [1.165, 1.54) is 17.7 Å². The Bertz CT molecular complexity index is 1010. The maximum atomic E-state index is 12.7. The summed E-state index contributed by atoms with van der Waals surface area (Å²) >= 11 is 0. The highest BCUT2D eigenvalue weighted by Crippen LogP contribution is 2.24. The molecular formula is C22H25N3O4. The number of non-ortho nitro benzene ring substituents is 1. The quantitative estimate of drug-likeness (QED) is 0.430. The Hall–Kier alpha value is -3.35. The number of aromatic nitrogens is 1. The average Bonchev–Trinajstić information content (AvgIpc) is 3.10. The fourth-order valence-electron chi connectivity index (χ4n) is 3.17. The van der Waals surface area contributed by atoms with Crippen LogP contribution in [0.1, 0.15) is 43.1 Å². The van der Waals surface area contributed by atoms with Crippen LogP contribution in [-0.4, -0.2) is 28.0 Å². The lowest BCUT2D eigenvalue weighted by atomic mass is 10.1. The van der Waals surface area contributed by atoms with E-state index in [0.29, 0.717) is 16.5 Å². The molecule has 0 saturated carbocycles. The summed E-state index contributed by atoms with van der Waals surface area (Å²) in [5.41, 5.74) is 2.23. The molecule has 0 aliphatic carbocycles. The monoisotopic (exact) mass is 395 g/mol. The van der Waals surface area contributed by atoms with Crippen LogP contribution in [0.15, 0.2) is 48.7 Å². The number of nitrogens with zero attached hydrogens (tertiary/aromatic N) is 1. The number of nitro benzene ring substituents is 1. The first-order valence-corrected chi connectivity index (χ1v) is 9.65. The van der Waals surface area contributed by atoms with Crippen molar-refractivity contribution in [2.45, 2.75) is 45.8 Å². The molecule has 0 saturated heterocycles. The van der Waals surface area contributed by atoms with Gasteiger partial charge in [0.25, 0.3) is 11.6 Å². The minimum Gasteiger partial charge on any atom is -0.491 e. The molecule has 0 spiro atoms. The van der Waals surface area contributed by atoms with E-state index in [9.17, 15) is 14.9 Å². The van der Waals surface area contributed by atoms with E-state index in [1.807, 2.05) is 45.0 Å². The van der Waals surface area contributed by atoms with E-state index in [1.54, 1.807) is 12.3 Å². The summed E-state index contributed by atoms with van der Waals surface area (Å²) in [5.74, 6) is 0.600. The molecule has 3 rings (SSSR count). The highest BCUT2D eigenvalue weighted by molar-refractivity contribution is 6.07. The number of ether oxygens (including phenoxy) is 1. The molecule has 2 aromatic carbocycles. The van der Waals surface area contributed by atoms with Crippen LogP contribution >= 0.6 is 0 Å². The number of amides is 1. The molecule has 0 bridgehead atoms. The summed E-state index contributed by atoms with van der Waals surface area (Å²) in [6.45, 7) is 5.93. The molecule has 3 aromatic rings. The predicted octanol–water partition coefficient (Wildman–Crippen LogP) is 4.61. The van der Waals surface area contributed by atoms with Crippen LogP contribution in [0.25, 0.3) is 10.9 Å². The summed E-state index contributed by atoms with van der Waals surface area (Å²) < 4.78 is 5.64. The van der Waals surface area contributed by atoms with E-state index in [2.05, 4.69) is 10.3 Å². The van der Waals surface area contributed by atoms with Crippen LogP contribution in [0.2, 0.25) is 0 Å². The molecule has 1 unspecified atom stereocenters. The molecule has 0 radical (unpaired) electrons. The summed E-state index contributed by atoms with van der Waals surface area (Å²) in [5, 5.41) is 14.5. The average molecular weight is 395 g/mol. The van der Waals surface area contributed by atoms with Gasteiger partial charge in [0.05, 0.1) is 16.6 Å². The number of carbonyl (C=O) groups is 1. The number of nitro groups is 1. The number of hydrogen-bond donors (Lipinski definition) is 2. The van der Waals surface area contributed by atoms with Gasteiger partial charge in [0, 0.05) is 35.3 Å². The Morgan fingerprint density at radius 2 is 1.90 bits per heavy atom. The van der Waals surface area contributed by atoms with E-state index >= 15 is 0 Å². The third-order valence-electron chi connectivity index (χ3n) is 4.66. The van der Waals surface area contributed by atoms with Crippen LogP contribution in [0.3, 0.4) is 0 Å². The zero-order valence-corrected chi connectivity index (χ0v) is 16.8. The molecule has 1 atom stereocenters. The predicted molar refractivity (Wildman–Crippen MR) is 112 cm³/mol. The van der Waals surface area contributed by atoms with Crippen LogP contribution in [0.5, 0.6) is 5.75 Å². The molecule has 0 fully saturated rings. The van der Waals surface area contributed by atoms with Gasteiger partial charge in [-0.3, -0.25) is 14.9 Å². The zero-order chi connectivity index (χ0) is 21.0. The van der Waals surface area contributed by atoms with Crippen molar-refractivity contribution >= 4 is 22.5 Å². The molecule has 152 valence electrons. The van der Waals surface area contributed by atoms with Crippen LogP contribution in [-0.2, 0) is 6.42 Å². The van der Waals surface area contributed by atoms with Gasteiger partial charge in [-0.2, -0.15) is 0 Å². The SMILES string of the molecule is CC(CCc1ccc(OC(C)C)cc1)NC(=O)c1c[nH]c2ccc([N+](=O)[O-])cc12. The van der Waals surface area contributed by atoms with E-state index in [0.717, 1.165) is 18.6 Å². The van der Waals surface area contributed by atoms with Gasteiger partial charge in [-0.25, -0.2) is 0 Å². The Labute approximate surface area is 169 Å². The summed E-state index contributed by atoms with van der Waals surface area (Å²) in [6.07, 6.45) is 3.33. The van der Waals surface area contributed by atoms with Crippen molar-refractivity contribution in [3.63, 3.8) is 0 Å². The molecule has 1 amide bonds. The van der Waals surface area contributed by atoms with Gasteiger partial charge in [-0.1, -0.05) is 12.1 Å². The standard InChI is InChI=1S/C22H25N3O4/c1-14(2)29-18-9-6-16(7-10-18)5-4-15(3)24-22(26)20-13-23-21-11-8-17(25(27)28)12-19(20)21/h6-15,23H,4-5H2,1-3H3,(H,24,26). The molecule has 7 heteroatoms. The number of aryl methyl sites for hydroxylation is 1. The smallest absolute Gasteiger partial charge is 0.270 e. The second-order valence-electron chi connectivity index (χ2n) is 7.41. The second kappa shape index (κ2) is 8.77. The molecule has 1 heterocycles. The van der Waals surface area contributed by atoms with Crippen molar-refractivity contribution in [1.29, 1.82) is 0 Å². The highest BCUT2D eigenvalue weighted by atomic mass is 16.6. The van der Waals surface area contributed by atoms with Crippen molar-refractivity contribution in [2.24, 2.45) is 0 Å². The Morgan fingerprint density at radius 1 is 1.17 bits per heavy atom. The number of carbonyl (C=O) groups excluding carboxylic acids is 1. The Balaban J connectivity index is 1.60. The number of aromatic amines is 1. The van der Waals surface area contributed by atoms with Crippen molar-refractivity contribution < 1.29 is 14.5 Å². The maximum Gasteiger partial charge on any atom is 0.270 e. The molecule has 2 N–H and O–H groups in total. The topological polar surface area (TPSA) is 97.3 Å². The molecule has 1 aromatic heterocycles. The highest BCUT2D eigenvalue weighted by Gasteiger charge is 2.17. The van der Waals surface area contributed by atoms with Crippen LogP contribution in [0.4, 0.5) is 5.69 Å². The maximum absolute atomic E-state index is 12.7. The van der Waals surface area contributed by atoms with Gasteiger partial charge < -0.3 is 15.0 Å². The first kappa shape index (κ1) is 20.4. The Kier molecular flexibility index (Phi) is 6.16. The zero-order valence-electron chi connectivity index (χ0n) is 16.8. The largest absolute Gasteiger partial charge is 0.491 e. The van der Waals surface area contributed by atoms with Gasteiger partial charge in [-0.15, -0.1) is 0 Å². The van der Waals surface area contributed by atoms with Gasteiger partial charge >= 0.3 is 0 Å². The normalized spacial score (nSPS) is 12.1. The van der Waals surface area contributed by atoms with Gasteiger partial charge in [0.15, 0.2) is 0 Å². The molecule has 0 aliphatic rings. The van der Waals surface area contributed by atoms with Gasteiger partial charge in [0.2, 0.25) is 0 Å². The van der Waals surface area contributed by atoms with E-state index in [4.69, 9.17) is 4.74 Å². The lowest BCUT2D eigenvalue weighted by molar-refractivity contribution is -0.384. The Morgan fingerprint density at radius 3 is 2.55 bits per heavy atom. The molecule has 7 nitrogen and oxygen atoms in total. The van der Waals surface area contributed by atoms with Crippen molar-refractivity contribution in [2.75, 3.05) is 0 Å². The number of H-pyrrole nitrogens is 1. The minimum atomic E-state index is -0.464. The third kappa shape index (κ3) is 5.13. The number of benzene rings is 2. The first-order chi connectivity index (χ1) is 13.8. The molecular weight excluding hydrogens is 370 g/mol. The fraction of sp³-hybridized carbons (Fsp3) is 0.318. The first-order valence-electron chi connectivity index (χ1n) is 9.65. The number of fused-ring (bicyclic) bond motifs is 1. The number of rotatable bonds is 8. The van der Waals surface area contributed by atoms with Gasteiger partial charge in [0.1, 0.15) is 5.75 Å². The number of nitrogens with one attached hydrogen (secondary N) is 2. The van der Waals surface area contributed by atoms with Crippen molar-refractivity contribution in [3.8, 4) is 5.75 Å². The summed E-state index contributed by atoms with van der Waals surface area (Å²) in [4.78, 5) is 26.2. The lowest BCUT2D eigenvalue weighted by Crippen LogP contribution is -2.32. The van der Waals surface area contributed by atoms with Crippen LogP contribution < -0.4 is 10.1 Å². The fourth-order valence-corrected chi connectivity index (χ4v) is 3.17. The van der Waals surface area contributed by atoms with Gasteiger partial charge in [-0.05, 0) is 57.4 Å². The van der Waals surface area contributed by atoms with E-state index < -0.39 is 4.92 Å². The van der Waals surface area contributed by atoms with Crippen LogP contribution in [0, 0.1) is 10.1 Å². The van der Waals surface area contributed by atoms with Crippen molar-refractivity contribution in [3.05, 3.63) is 69.9 Å². The lowest BCUT2D eigenvalue weighted by Gasteiger charge is -2.14. The third-order valence-corrected chi connectivity index (χ3v) is 4.66. The summed E-state index contributed by atoms with van der Waals surface area (Å²) in [7, 11) is 0. The number of hydrogen-bond acceptors (Lipinski definition) is 4. The van der Waals surface area contributed by atoms with Crippen molar-refractivity contribution in [1.82, 2.24) is 10.3 Å². The molecule has 0 aliphatic heterocycles. The minimum absolute atomic E-state index is 0.0379. The second-order valence-corrected chi connectivity index (χ2v) is 7.41. The van der Waals surface area contributed by atoms with E-state index in [-0.39, 0.29) is 23.7 Å². The molecule has 29 heavy (non-hydrogen) atoms.